The maximum atomic E-state index is 13.1. The van der Waals surface area contributed by atoms with Gasteiger partial charge in [0.1, 0.15) is 5.60 Å². The number of amides is 2. The van der Waals surface area contributed by atoms with Crippen molar-refractivity contribution in [2.45, 2.75) is 31.4 Å². The number of likely N-dealkylation sites (tertiary alicyclic amines) is 1. The topological polar surface area (TPSA) is 80.6 Å². The Morgan fingerprint density at radius 2 is 1.94 bits per heavy atom. The van der Waals surface area contributed by atoms with Gasteiger partial charge in [-0.2, -0.15) is 5.10 Å². The first-order valence-corrected chi connectivity index (χ1v) is 10.9. The zero-order valence-corrected chi connectivity index (χ0v) is 17.8. The van der Waals surface area contributed by atoms with Crippen LogP contribution in [0.4, 0.5) is 4.79 Å². The van der Waals surface area contributed by atoms with Crippen molar-refractivity contribution in [1.82, 2.24) is 24.6 Å². The molecule has 8 nitrogen and oxygen atoms in total. The van der Waals surface area contributed by atoms with Crippen molar-refractivity contribution >= 4 is 12.0 Å². The number of ether oxygens (including phenoxy) is 1. The largest absolute Gasteiger partial charge is 0.441 e. The van der Waals surface area contributed by atoms with Gasteiger partial charge in [-0.3, -0.25) is 9.69 Å². The maximum absolute atomic E-state index is 13.1. The predicted molar refractivity (Wildman–Crippen MR) is 117 cm³/mol. The average molecular weight is 431 g/mol. The Balaban J connectivity index is 1.23. The van der Waals surface area contributed by atoms with E-state index in [1.807, 2.05) is 47.5 Å². The zero-order valence-electron chi connectivity index (χ0n) is 17.8. The molecule has 0 saturated carbocycles. The molecule has 1 aromatic carbocycles. The van der Waals surface area contributed by atoms with E-state index < -0.39 is 5.60 Å². The Morgan fingerprint density at radius 1 is 1.06 bits per heavy atom. The number of carbonyl (C=O) groups is 2. The van der Waals surface area contributed by atoms with Gasteiger partial charge >= 0.3 is 6.09 Å². The van der Waals surface area contributed by atoms with E-state index in [2.05, 4.69) is 10.1 Å². The summed E-state index contributed by atoms with van der Waals surface area (Å²) in [6.07, 6.45) is 6.99. The van der Waals surface area contributed by atoms with Crippen LogP contribution in [0.15, 0.2) is 67.1 Å². The molecule has 1 spiro atoms. The number of benzene rings is 1. The molecule has 2 amide bonds. The van der Waals surface area contributed by atoms with Gasteiger partial charge < -0.3 is 9.64 Å². The minimum absolute atomic E-state index is 0.0490. The molecule has 0 unspecified atom stereocenters. The summed E-state index contributed by atoms with van der Waals surface area (Å²) in [4.78, 5) is 33.6. The van der Waals surface area contributed by atoms with Crippen molar-refractivity contribution in [2.75, 3.05) is 19.6 Å². The fraction of sp³-hybridized carbons (Fsp3) is 0.333. The van der Waals surface area contributed by atoms with Gasteiger partial charge in [0.15, 0.2) is 5.82 Å². The lowest BCUT2D eigenvalue weighted by atomic mass is 9.95. The second kappa shape index (κ2) is 8.45. The summed E-state index contributed by atoms with van der Waals surface area (Å²) in [7, 11) is 0. The van der Waals surface area contributed by atoms with E-state index in [0.717, 1.165) is 18.4 Å². The molecule has 2 aliphatic heterocycles. The number of carbonyl (C=O) groups excluding carboxylic acids is 2. The molecule has 5 rings (SSSR count). The summed E-state index contributed by atoms with van der Waals surface area (Å²) < 4.78 is 7.52. The van der Waals surface area contributed by atoms with Crippen LogP contribution in [0.2, 0.25) is 0 Å². The third-order valence-corrected chi connectivity index (χ3v) is 6.18. The molecule has 32 heavy (non-hydrogen) atoms. The summed E-state index contributed by atoms with van der Waals surface area (Å²) in [5.41, 5.74) is 1.10. The van der Waals surface area contributed by atoms with Crippen LogP contribution in [0.3, 0.4) is 0 Å². The van der Waals surface area contributed by atoms with E-state index in [0.29, 0.717) is 44.0 Å². The van der Waals surface area contributed by atoms with E-state index in [9.17, 15) is 9.59 Å². The van der Waals surface area contributed by atoms with Gasteiger partial charge in [0.05, 0.1) is 12.1 Å². The third kappa shape index (κ3) is 4.08. The van der Waals surface area contributed by atoms with E-state index in [1.165, 1.54) is 0 Å². The number of hydrogen-bond donors (Lipinski definition) is 0. The lowest BCUT2D eigenvalue weighted by Gasteiger charge is -2.25. The fourth-order valence-corrected chi connectivity index (χ4v) is 4.48. The van der Waals surface area contributed by atoms with Crippen molar-refractivity contribution in [1.29, 1.82) is 0 Å². The van der Waals surface area contributed by atoms with Gasteiger partial charge in [0.25, 0.3) is 5.91 Å². The number of aromatic nitrogens is 3. The highest BCUT2D eigenvalue weighted by atomic mass is 16.6. The highest BCUT2D eigenvalue weighted by Gasteiger charge is 2.46. The van der Waals surface area contributed by atoms with Gasteiger partial charge in [-0.25, -0.2) is 14.5 Å². The molecule has 164 valence electrons. The highest BCUT2D eigenvalue weighted by Crippen LogP contribution is 2.34. The van der Waals surface area contributed by atoms with Crippen molar-refractivity contribution in [3.05, 3.63) is 78.2 Å². The van der Waals surface area contributed by atoms with Crippen LogP contribution in [0.5, 0.6) is 0 Å². The van der Waals surface area contributed by atoms with Crippen LogP contribution in [-0.2, 0) is 11.3 Å². The number of rotatable bonds is 4. The molecule has 4 heterocycles. The van der Waals surface area contributed by atoms with Crippen molar-refractivity contribution in [2.24, 2.45) is 0 Å². The lowest BCUT2D eigenvalue weighted by molar-refractivity contribution is 0.0438. The van der Waals surface area contributed by atoms with E-state index >= 15 is 0 Å². The number of hydrogen-bond acceptors (Lipinski definition) is 5. The summed E-state index contributed by atoms with van der Waals surface area (Å²) in [5.74, 6) is 0.616. The second-order valence-corrected chi connectivity index (χ2v) is 8.39. The second-order valence-electron chi connectivity index (χ2n) is 8.39. The number of nitrogens with zero attached hydrogens (tertiary/aromatic N) is 5. The van der Waals surface area contributed by atoms with Gasteiger partial charge in [0.2, 0.25) is 0 Å². The third-order valence-electron chi connectivity index (χ3n) is 6.18. The monoisotopic (exact) mass is 431 g/mol. The minimum atomic E-state index is -0.525. The first-order chi connectivity index (χ1) is 15.6. The van der Waals surface area contributed by atoms with Crippen LogP contribution in [-0.4, -0.2) is 61.8 Å². The smallest absolute Gasteiger partial charge is 0.410 e. The molecule has 0 bridgehead atoms. The molecule has 2 fully saturated rings. The Kier molecular flexibility index (Phi) is 5.34. The Labute approximate surface area is 186 Å². The van der Waals surface area contributed by atoms with Gasteiger partial charge in [-0.15, -0.1) is 0 Å². The molecule has 8 heteroatoms. The van der Waals surface area contributed by atoms with E-state index in [-0.39, 0.29) is 12.0 Å². The average Bonchev–Trinajstić information content (AvgIpc) is 3.40. The van der Waals surface area contributed by atoms with Crippen LogP contribution >= 0.6 is 0 Å². The van der Waals surface area contributed by atoms with Crippen LogP contribution in [0.1, 0.15) is 35.2 Å². The van der Waals surface area contributed by atoms with E-state index in [4.69, 9.17) is 4.74 Å². The van der Waals surface area contributed by atoms with Gasteiger partial charge in [0, 0.05) is 44.6 Å². The van der Waals surface area contributed by atoms with Crippen LogP contribution < -0.4 is 0 Å². The Morgan fingerprint density at radius 3 is 2.69 bits per heavy atom. The molecule has 1 atom stereocenters. The molecule has 2 saturated heterocycles. The molecule has 0 radical (unpaired) electrons. The van der Waals surface area contributed by atoms with Crippen molar-refractivity contribution < 1.29 is 14.3 Å². The van der Waals surface area contributed by atoms with Crippen molar-refractivity contribution in [3.8, 4) is 5.82 Å². The summed E-state index contributed by atoms with van der Waals surface area (Å²) in [6, 6.07) is 15.3. The molecular weight excluding hydrogens is 406 g/mol. The Bertz CT molecular complexity index is 1080. The first kappa shape index (κ1) is 20.2. The van der Waals surface area contributed by atoms with Gasteiger partial charge in [-0.1, -0.05) is 30.3 Å². The van der Waals surface area contributed by atoms with Crippen LogP contribution in [0.25, 0.3) is 5.82 Å². The standard InChI is InChI=1S/C24H25N5O3/c30-22(20-8-9-21(25-16-20)29-14-5-12-26-29)27-13-4-10-24(11-15-27)18-28(23(31)32-24)17-19-6-2-1-3-7-19/h1-3,5-9,12,14,16H,4,10-11,13,15,17-18H2/t24-/m0/s1. The molecule has 3 aromatic rings. The molecule has 2 aliphatic rings. The Hall–Kier alpha value is -3.68. The van der Waals surface area contributed by atoms with Crippen LogP contribution in [0, 0.1) is 0 Å². The first-order valence-electron chi connectivity index (χ1n) is 10.9. The fourth-order valence-electron chi connectivity index (χ4n) is 4.48. The summed E-state index contributed by atoms with van der Waals surface area (Å²) >= 11 is 0. The lowest BCUT2D eigenvalue weighted by Crippen LogP contribution is -2.37. The molecule has 0 N–H and O–H groups in total. The highest BCUT2D eigenvalue weighted by molar-refractivity contribution is 5.94. The molecule has 2 aromatic heterocycles. The number of pyridine rings is 1. The quantitative estimate of drug-likeness (QED) is 0.633. The van der Waals surface area contributed by atoms with Crippen molar-refractivity contribution in [3.63, 3.8) is 0 Å². The predicted octanol–water partition coefficient (Wildman–Crippen LogP) is 3.28. The normalized spacial score (nSPS) is 20.9. The zero-order chi connectivity index (χ0) is 22.0. The molecular formula is C24H25N5O3. The summed E-state index contributed by atoms with van der Waals surface area (Å²) in [6.45, 7) is 2.28. The SMILES string of the molecule is O=C1O[C@]2(CCCN(C(=O)c3ccc(-n4cccn4)nc3)CC2)CN1Cc1ccccc1. The minimum Gasteiger partial charge on any atom is -0.441 e. The maximum Gasteiger partial charge on any atom is 0.410 e. The van der Waals surface area contributed by atoms with Gasteiger partial charge in [-0.05, 0) is 36.6 Å². The van der Waals surface area contributed by atoms with E-state index in [1.54, 1.807) is 34.1 Å². The summed E-state index contributed by atoms with van der Waals surface area (Å²) in [5, 5.41) is 4.16. The molecule has 0 aliphatic carbocycles.